The molecule has 0 radical (unpaired) electrons. The number of carboxylic acid groups (broad SMARTS) is 1. The molecule has 104 valence electrons. The number of rotatable bonds is 3. The van der Waals surface area contributed by atoms with Gasteiger partial charge in [0.15, 0.2) is 0 Å². The van der Waals surface area contributed by atoms with E-state index in [0.717, 1.165) is 19.4 Å². The first kappa shape index (κ1) is 12.9. The minimum absolute atomic E-state index is 0.194. The summed E-state index contributed by atoms with van der Waals surface area (Å²) in [7, 11) is 0. The molecular formula is C15H16N2O3. The first-order valence-corrected chi connectivity index (χ1v) is 6.71. The van der Waals surface area contributed by atoms with Crippen molar-refractivity contribution in [3.63, 3.8) is 0 Å². The first-order valence-electron chi connectivity index (χ1n) is 6.71. The van der Waals surface area contributed by atoms with Crippen LogP contribution in [0.2, 0.25) is 0 Å². The molecule has 0 spiro atoms. The quantitative estimate of drug-likeness (QED) is 0.898. The highest BCUT2D eigenvalue weighted by Gasteiger charge is 2.16. The van der Waals surface area contributed by atoms with Gasteiger partial charge in [-0.05, 0) is 25.0 Å². The zero-order chi connectivity index (χ0) is 13.9. The van der Waals surface area contributed by atoms with E-state index in [1.54, 1.807) is 12.1 Å². The molecule has 1 unspecified atom stereocenters. The highest BCUT2D eigenvalue weighted by Crippen LogP contribution is 2.22. The number of benzene rings is 1. The van der Waals surface area contributed by atoms with Crippen LogP contribution in [0.1, 0.15) is 23.2 Å². The van der Waals surface area contributed by atoms with Gasteiger partial charge in [-0.3, -0.25) is 0 Å². The topological polar surface area (TPSA) is 71.5 Å². The molecule has 5 heteroatoms. The van der Waals surface area contributed by atoms with Gasteiger partial charge in [-0.2, -0.15) is 0 Å². The van der Waals surface area contributed by atoms with Crippen LogP contribution in [0, 0.1) is 0 Å². The Morgan fingerprint density at radius 2 is 2.25 bits per heavy atom. The van der Waals surface area contributed by atoms with Crippen molar-refractivity contribution in [3.8, 4) is 0 Å². The standard InChI is InChI=1S/C15H16N2O3/c18-15(19)12-8-14(16-10-4-3-7-20-9-10)17-13-6-2-1-5-11(12)13/h1-2,5-6,8,10H,3-4,7,9H2,(H,16,17)(H,18,19). The zero-order valence-corrected chi connectivity index (χ0v) is 11.0. The second kappa shape index (κ2) is 5.46. The normalized spacial score (nSPS) is 18.9. The summed E-state index contributed by atoms with van der Waals surface area (Å²) < 4.78 is 5.41. The molecule has 1 aromatic carbocycles. The number of fused-ring (bicyclic) bond motifs is 1. The molecule has 2 N–H and O–H groups in total. The van der Waals surface area contributed by atoms with Crippen molar-refractivity contribution in [1.82, 2.24) is 4.98 Å². The lowest BCUT2D eigenvalue weighted by Crippen LogP contribution is -2.30. The van der Waals surface area contributed by atoms with E-state index in [4.69, 9.17) is 4.74 Å². The Balaban J connectivity index is 1.96. The van der Waals surface area contributed by atoms with E-state index in [-0.39, 0.29) is 11.6 Å². The summed E-state index contributed by atoms with van der Waals surface area (Å²) in [4.78, 5) is 15.9. The lowest BCUT2D eigenvalue weighted by atomic mass is 10.1. The molecule has 5 nitrogen and oxygen atoms in total. The maximum Gasteiger partial charge on any atom is 0.336 e. The average Bonchev–Trinajstić information content (AvgIpc) is 2.47. The molecule has 1 fully saturated rings. The fraction of sp³-hybridized carbons (Fsp3) is 0.333. The van der Waals surface area contributed by atoms with Gasteiger partial charge in [-0.15, -0.1) is 0 Å². The van der Waals surface area contributed by atoms with Crippen molar-refractivity contribution in [2.45, 2.75) is 18.9 Å². The lowest BCUT2D eigenvalue weighted by molar-refractivity contribution is 0.0699. The summed E-state index contributed by atoms with van der Waals surface area (Å²) in [6, 6.07) is 9.06. The molecule has 1 aliphatic heterocycles. The number of pyridine rings is 1. The van der Waals surface area contributed by atoms with Crippen LogP contribution in [0.4, 0.5) is 5.82 Å². The highest BCUT2D eigenvalue weighted by atomic mass is 16.5. The second-order valence-corrected chi connectivity index (χ2v) is 4.94. The monoisotopic (exact) mass is 272 g/mol. The number of hydrogen-bond acceptors (Lipinski definition) is 4. The summed E-state index contributed by atoms with van der Waals surface area (Å²) >= 11 is 0. The molecule has 20 heavy (non-hydrogen) atoms. The Kier molecular flexibility index (Phi) is 3.52. The van der Waals surface area contributed by atoms with Crippen molar-refractivity contribution >= 4 is 22.7 Å². The summed E-state index contributed by atoms with van der Waals surface area (Å²) in [5.41, 5.74) is 0.960. The Morgan fingerprint density at radius 1 is 1.40 bits per heavy atom. The van der Waals surface area contributed by atoms with Gasteiger partial charge >= 0.3 is 5.97 Å². The summed E-state index contributed by atoms with van der Waals surface area (Å²) in [5, 5.41) is 13.3. The van der Waals surface area contributed by atoms with Gasteiger partial charge in [0.2, 0.25) is 0 Å². The van der Waals surface area contributed by atoms with Gasteiger partial charge in [-0.1, -0.05) is 18.2 Å². The zero-order valence-electron chi connectivity index (χ0n) is 11.0. The molecule has 0 aliphatic carbocycles. The molecule has 0 saturated carbocycles. The van der Waals surface area contributed by atoms with Crippen LogP contribution in [0.25, 0.3) is 10.9 Å². The Morgan fingerprint density at radius 3 is 3.00 bits per heavy atom. The number of carboxylic acids is 1. The largest absolute Gasteiger partial charge is 0.478 e. The van der Waals surface area contributed by atoms with Gasteiger partial charge in [-0.25, -0.2) is 9.78 Å². The van der Waals surface area contributed by atoms with E-state index in [9.17, 15) is 9.90 Å². The van der Waals surface area contributed by atoms with Crippen molar-refractivity contribution in [2.24, 2.45) is 0 Å². The SMILES string of the molecule is O=C(O)c1cc(NC2CCCOC2)nc2ccccc12. The predicted octanol–water partition coefficient (Wildman–Crippen LogP) is 2.52. The van der Waals surface area contributed by atoms with Crippen LogP contribution in [-0.2, 0) is 4.74 Å². The molecular weight excluding hydrogens is 256 g/mol. The highest BCUT2D eigenvalue weighted by molar-refractivity contribution is 6.03. The number of aromatic carboxylic acids is 1. The predicted molar refractivity (Wildman–Crippen MR) is 76.2 cm³/mol. The average molecular weight is 272 g/mol. The van der Waals surface area contributed by atoms with E-state index in [1.807, 2.05) is 18.2 Å². The van der Waals surface area contributed by atoms with Gasteiger partial charge in [0.05, 0.1) is 23.7 Å². The third kappa shape index (κ3) is 2.58. The van der Waals surface area contributed by atoms with E-state index in [1.165, 1.54) is 0 Å². The van der Waals surface area contributed by atoms with Crippen LogP contribution in [0.5, 0.6) is 0 Å². The van der Waals surface area contributed by atoms with E-state index < -0.39 is 5.97 Å². The van der Waals surface area contributed by atoms with Crippen LogP contribution < -0.4 is 5.32 Å². The fourth-order valence-corrected chi connectivity index (χ4v) is 2.49. The fourth-order valence-electron chi connectivity index (χ4n) is 2.49. The third-order valence-electron chi connectivity index (χ3n) is 3.46. The molecule has 1 saturated heterocycles. The van der Waals surface area contributed by atoms with Crippen molar-refractivity contribution in [3.05, 3.63) is 35.9 Å². The van der Waals surface area contributed by atoms with Crippen LogP contribution in [0.15, 0.2) is 30.3 Å². The van der Waals surface area contributed by atoms with Crippen LogP contribution in [-0.4, -0.2) is 35.3 Å². The summed E-state index contributed by atoms with van der Waals surface area (Å²) in [5.74, 6) is -0.344. The molecule has 1 aliphatic rings. The van der Waals surface area contributed by atoms with Crippen molar-refractivity contribution < 1.29 is 14.6 Å². The lowest BCUT2D eigenvalue weighted by Gasteiger charge is -2.23. The van der Waals surface area contributed by atoms with Gasteiger partial charge in [0.1, 0.15) is 5.82 Å². The Hall–Kier alpha value is -2.14. The van der Waals surface area contributed by atoms with Crippen molar-refractivity contribution in [1.29, 1.82) is 0 Å². The molecule has 2 aromatic rings. The number of para-hydroxylation sites is 1. The summed E-state index contributed by atoms with van der Waals surface area (Å²) in [6.45, 7) is 1.43. The minimum Gasteiger partial charge on any atom is -0.478 e. The number of ether oxygens (including phenoxy) is 1. The maximum absolute atomic E-state index is 11.4. The van der Waals surface area contributed by atoms with Crippen LogP contribution in [0.3, 0.4) is 0 Å². The minimum atomic E-state index is -0.938. The Labute approximate surface area is 116 Å². The number of carbonyl (C=O) groups is 1. The van der Waals surface area contributed by atoms with Crippen molar-refractivity contribution in [2.75, 3.05) is 18.5 Å². The Bertz CT molecular complexity index is 636. The molecule has 3 rings (SSSR count). The van der Waals surface area contributed by atoms with Crippen LogP contribution >= 0.6 is 0 Å². The van der Waals surface area contributed by atoms with Gasteiger partial charge in [0, 0.05) is 12.0 Å². The molecule has 1 atom stereocenters. The smallest absolute Gasteiger partial charge is 0.336 e. The van der Waals surface area contributed by atoms with Gasteiger partial charge in [0.25, 0.3) is 0 Å². The first-order chi connectivity index (χ1) is 9.74. The number of hydrogen-bond donors (Lipinski definition) is 2. The number of anilines is 1. The van der Waals surface area contributed by atoms with E-state index in [0.29, 0.717) is 23.3 Å². The number of aromatic nitrogens is 1. The molecule has 1 aromatic heterocycles. The second-order valence-electron chi connectivity index (χ2n) is 4.94. The summed E-state index contributed by atoms with van der Waals surface area (Å²) in [6.07, 6.45) is 2.02. The van der Waals surface area contributed by atoms with E-state index >= 15 is 0 Å². The molecule has 0 bridgehead atoms. The van der Waals surface area contributed by atoms with E-state index in [2.05, 4.69) is 10.3 Å². The maximum atomic E-state index is 11.4. The third-order valence-corrected chi connectivity index (χ3v) is 3.46. The molecule has 2 heterocycles. The number of nitrogens with zero attached hydrogens (tertiary/aromatic N) is 1. The molecule has 0 amide bonds. The number of nitrogens with one attached hydrogen (secondary N) is 1. The van der Waals surface area contributed by atoms with Gasteiger partial charge < -0.3 is 15.2 Å².